The van der Waals surface area contributed by atoms with Gasteiger partial charge in [0.2, 0.25) is 0 Å². The van der Waals surface area contributed by atoms with Gasteiger partial charge in [0, 0.05) is 13.7 Å². The standard InChI is InChI=1S/C12H15Cl2NO3/c1-12(11(16)17,15-5-6-18-2)8-3-4-9(13)10(14)7-8/h3-4,7,15H,5-6H2,1-2H3,(H,16,17). The summed E-state index contributed by atoms with van der Waals surface area (Å²) in [6, 6.07) is 4.78. The van der Waals surface area contributed by atoms with E-state index in [1.807, 2.05) is 0 Å². The average Bonchev–Trinajstić information content (AvgIpc) is 2.32. The maximum atomic E-state index is 11.4. The first-order valence-electron chi connectivity index (χ1n) is 5.34. The highest BCUT2D eigenvalue weighted by Gasteiger charge is 2.34. The number of hydrogen-bond acceptors (Lipinski definition) is 3. The number of carbonyl (C=O) groups is 1. The van der Waals surface area contributed by atoms with Gasteiger partial charge in [0.25, 0.3) is 0 Å². The van der Waals surface area contributed by atoms with Crippen molar-refractivity contribution in [1.29, 1.82) is 0 Å². The molecular weight excluding hydrogens is 277 g/mol. The molecule has 0 aliphatic heterocycles. The summed E-state index contributed by atoms with van der Waals surface area (Å²) in [6.07, 6.45) is 0. The zero-order chi connectivity index (χ0) is 13.8. The van der Waals surface area contributed by atoms with Crippen molar-refractivity contribution in [2.45, 2.75) is 12.5 Å². The summed E-state index contributed by atoms with van der Waals surface area (Å²) >= 11 is 11.7. The lowest BCUT2D eigenvalue weighted by Gasteiger charge is -2.27. The molecule has 0 saturated heterocycles. The van der Waals surface area contributed by atoms with Crippen molar-refractivity contribution in [2.75, 3.05) is 20.3 Å². The molecule has 0 aromatic heterocycles. The van der Waals surface area contributed by atoms with E-state index in [0.717, 1.165) is 0 Å². The minimum atomic E-state index is -1.23. The van der Waals surface area contributed by atoms with E-state index in [1.165, 1.54) is 0 Å². The highest BCUT2D eigenvalue weighted by Crippen LogP contribution is 2.28. The minimum absolute atomic E-state index is 0.329. The third-order valence-corrected chi connectivity index (χ3v) is 3.45. The zero-order valence-corrected chi connectivity index (χ0v) is 11.7. The van der Waals surface area contributed by atoms with Crippen LogP contribution in [0.4, 0.5) is 0 Å². The quantitative estimate of drug-likeness (QED) is 0.791. The molecule has 6 heteroatoms. The Morgan fingerprint density at radius 2 is 2.11 bits per heavy atom. The number of benzene rings is 1. The molecule has 1 aromatic rings. The largest absolute Gasteiger partial charge is 0.480 e. The number of methoxy groups -OCH3 is 1. The van der Waals surface area contributed by atoms with Crippen molar-refractivity contribution in [2.24, 2.45) is 0 Å². The fourth-order valence-electron chi connectivity index (χ4n) is 1.51. The van der Waals surface area contributed by atoms with Gasteiger partial charge in [-0.1, -0.05) is 29.3 Å². The molecule has 0 aliphatic rings. The van der Waals surface area contributed by atoms with Crippen LogP contribution in [0.1, 0.15) is 12.5 Å². The maximum Gasteiger partial charge on any atom is 0.328 e. The van der Waals surface area contributed by atoms with E-state index in [2.05, 4.69) is 5.32 Å². The second-order valence-electron chi connectivity index (χ2n) is 3.98. The molecule has 0 spiro atoms. The molecule has 100 valence electrons. The van der Waals surface area contributed by atoms with Gasteiger partial charge >= 0.3 is 5.97 Å². The van der Waals surface area contributed by atoms with Crippen LogP contribution >= 0.6 is 23.2 Å². The Bertz CT molecular complexity index is 439. The molecule has 0 amide bonds. The average molecular weight is 292 g/mol. The lowest BCUT2D eigenvalue weighted by Crippen LogP contribution is -2.47. The van der Waals surface area contributed by atoms with Crippen LogP contribution in [0.25, 0.3) is 0 Å². The Labute approximate surface area is 116 Å². The molecule has 1 unspecified atom stereocenters. The van der Waals surface area contributed by atoms with Crippen LogP contribution in [0.2, 0.25) is 10.0 Å². The van der Waals surface area contributed by atoms with Crippen molar-refractivity contribution in [3.63, 3.8) is 0 Å². The second kappa shape index (κ2) is 6.38. The second-order valence-corrected chi connectivity index (χ2v) is 4.79. The van der Waals surface area contributed by atoms with Crippen molar-refractivity contribution < 1.29 is 14.6 Å². The number of carboxylic acids is 1. The molecule has 0 bridgehead atoms. The molecule has 0 heterocycles. The summed E-state index contributed by atoms with van der Waals surface area (Å²) in [4.78, 5) is 11.4. The highest BCUT2D eigenvalue weighted by atomic mass is 35.5. The summed E-state index contributed by atoms with van der Waals surface area (Å²) in [6.45, 7) is 2.41. The number of carboxylic acid groups (broad SMARTS) is 1. The molecule has 0 fully saturated rings. The third-order valence-electron chi connectivity index (χ3n) is 2.71. The molecule has 18 heavy (non-hydrogen) atoms. The van der Waals surface area contributed by atoms with Crippen molar-refractivity contribution >= 4 is 29.2 Å². The Kier molecular flexibility index (Phi) is 5.41. The molecule has 1 aromatic carbocycles. The van der Waals surface area contributed by atoms with E-state index in [4.69, 9.17) is 27.9 Å². The summed E-state index contributed by atoms with van der Waals surface area (Å²) < 4.78 is 4.89. The van der Waals surface area contributed by atoms with E-state index < -0.39 is 11.5 Å². The Hall–Kier alpha value is -0.810. The first-order chi connectivity index (χ1) is 8.41. The van der Waals surface area contributed by atoms with Crippen LogP contribution in [0.15, 0.2) is 18.2 Å². The molecule has 0 saturated carbocycles. The Balaban J connectivity index is 3.02. The van der Waals surface area contributed by atoms with Gasteiger partial charge in [0.05, 0.1) is 16.7 Å². The molecule has 1 rings (SSSR count). The fraction of sp³-hybridized carbons (Fsp3) is 0.417. The van der Waals surface area contributed by atoms with Crippen LogP contribution in [-0.4, -0.2) is 31.3 Å². The van der Waals surface area contributed by atoms with Gasteiger partial charge in [-0.2, -0.15) is 0 Å². The highest BCUT2D eigenvalue weighted by molar-refractivity contribution is 6.42. The SMILES string of the molecule is COCCNC(C)(C(=O)O)c1ccc(Cl)c(Cl)c1. The predicted molar refractivity (Wildman–Crippen MR) is 71.3 cm³/mol. The van der Waals surface area contributed by atoms with E-state index in [0.29, 0.717) is 28.8 Å². The normalized spacial score (nSPS) is 14.2. The van der Waals surface area contributed by atoms with Crippen LogP contribution in [0.5, 0.6) is 0 Å². The van der Waals surface area contributed by atoms with Crippen molar-refractivity contribution in [3.05, 3.63) is 33.8 Å². The Morgan fingerprint density at radius 3 is 2.61 bits per heavy atom. The number of hydrogen-bond donors (Lipinski definition) is 2. The van der Waals surface area contributed by atoms with Crippen LogP contribution in [0.3, 0.4) is 0 Å². The van der Waals surface area contributed by atoms with Gasteiger partial charge in [0.15, 0.2) is 0 Å². The molecule has 4 nitrogen and oxygen atoms in total. The van der Waals surface area contributed by atoms with Gasteiger partial charge in [-0.25, -0.2) is 4.79 Å². The van der Waals surface area contributed by atoms with E-state index in [1.54, 1.807) is 32.2 Å². The Morgan fingerprint density at radius 1 is 1.44 bits per heavy atom. The smallest absolute Gasteiger partial charge is 0.328 e. The fourth-order valence-corrected chi connectivity index (χ4v) is 1.81. The number of rotatable bonds is 6. The van der Waals surface area contributed by atoms with E-state index >= 15 is 0 Å². The lowest BCUT2D eigenvalue weighted by atomic mass is 9.92. The van der Waals surface area contributed by atoms with Crippen LogP contribution in [0, 0.1) is 0 Å². The number of halogens is 2. The van der Waals surface area contributed by atoms with E-state index in [-0.39, 0.29) is 0 Å². The van der Waals surface area contributed by atoms with Gasteiger partial charge in [-0.15, -0.1) is 0 Å². The summed E-state index contributed by atoms with van der Waals surface area (Å²) in [5.41, 5.74) is -0.687. The number of nitrogens with one attached hydrogen (secondary N) is 1. The molecule has 1 atom stereocenters. The topological polar surface area (TPSA) is 58.6 Å². The lowest BCUT2D eigenvalue weighted by molar-refractivity contribution is -0.144. The van der Waals surface area contributed by atoms with Crippen molar-refractivity contribution in [1.82, 2.24) is 5.32 Å². The van der Waals surface area contributed by atoms with Gasteiger partial charge < -0.3 is 9.84 Å². The monoisotopic (exact) mass is 291 g/mol. The van der Waals surface area contributed by atoms with E-state index in [9.17, 15) is 9.90 Å². The van der Waals surface area contributed by atoms with Crippen molar-refractivity contribution in [3.8, 4) is 0 Å². The minimum Gasteiger partial charge on any atom is -0.480 e. The van der Waals surface area contributed by atoms with Gasteiger partial charge in [-0.3, -0.25) is 5.32 Å². The summed E-state index contributed by atoms with van der Waals surface area (Å²) in [5.74, 6) is -0.989. The molecule has 0 radical (unpaired) electrons. The van der Waals surface area contributed by atoms with Crippen LogP contribution < -0.4 is 5.32 Å². The molecule has 0 aliphatic carbocycles. The first-order valence-corrected chi connectivity index (χ1v) is 6.10. The van der Waals surface area contributed by atoms with Gasteiger partial charge in [-0.05, 0) is 24.6 Å². The maximum absolute atomic E-state index is 11.4. The molecule has 2 N–H and O–H groups in total. The first kappa shape index (κ1) is 15.2. The predicted octanol–water partition coefficient (Wildman–Crippen LogP) is 2.53. The summed E-state index contributed by atoms with van der Waals surface area (Å²) in [7, 11) is 1.55. The number of ether oxygens (including phenoxy) is 1. The number of aliphatic carboxylic acids is 1. The third kappa shape index (κ3) is 3.36. The zero-order valence-electron chi connectivity index (χ0n) is 10.2. The van der Waals surface area contributed by atoms with Gasteiger partial charge in [0.1, 0.15) is 5.54 Å². The van der Waals surface area contributed by atoms with Crippen LogP contribution in [-0.2, 0) is 15.1 Å². The summed E-state index contributed by atoms with van der Waals surface area (Å²) in [5, 5.41) is 13.0. The molecular formula is C12H15Cl2NO3.